The molecule has 1 heterocycles. The van der Waals surface area contributed by atoms with Crippen LogP contribution in [0.5, 0.6) is 0 Å². The minimum absolute atomic E-state index is 0.0769. The number of anilines is 1. The molecule has 154 valence electrons. The molecule has 29 heavy (non-hydrogen) atoms. The van der Waals surface area contributed by atoms with Crippen molar-refractivity contribution >= 4 is 17.5 Å². The number of rotatable bonds is 8. The third kappa shape index (κ3) is 5.79. The summed E-state index contributed by atoms with van der Waals surface area (Å²) in [7, 11) is 0. The first-order valence-electron chi connectivity index (χ1n) is 10.1. The van der Waals surface area contributed by atoms with Gasteiger partial charge in [0.25, 0.3) is 5.91 Å². The first-order valence-corrected chi connectivity index (χ1v) is 10.1. The zero-order chi connectivity index (χ0) is 20.6. The average molecular weight is 396 g/mol. The molecular formula is C22H29N5O2. The Morgan fingerprint density at radius 1 is 1.00 bits per heavy atom. The van der Waals surface area contributed by atoms with E-state index in [1.807, 2.05) is 24.3 Å². The molecule has 2 aromatic carbocycles. The molecule has 2 aromatic rings. The van der Waals surface area contributed by atoms with E-state index in [1.165, 1.54) is 19.3 Å². The highest BCUT2D eigenvalue weighted by atomic mass is 16.2. The maximum Gasteiger partial charge on any atom is 0.251 e. The van der Waals surface area contributed by atoms with E-state index in [0.29, 0.717) is 29.8 Å². The molecule has 0 aromatic heterocycles. The van der Waals surface area contributed by atoms with Crippen LogP contribution in [0.1, 0.15) is 51.1 Å². The zero-order valence-corrected chi connectivity index (χ0v) is 16.6. The first kappa shape index (κ1) is 20.8. The van der Waals surface area contributed by atoms with Gasteiger partial charge in [-0.1, -0.05) is 18.6 Å². The van der Waals surface area contributed by atoms with Gasteiger partial charge in [0, 0.05) is 24.2 Å². The van der Waals surface area contributed by atoms with Crippen molar-refractivity contribution in [2.75, 3.05) is 31.6 Å². The highest BCUT2D eigenvalue weighted by Crippen LogP contribution is 2.21. The van der Waals surface area contributed by atoms with Gasteiger partial charge in [-0.05, 0) is 73.8 Å². The number of amides is 2. The summed E-state index contributed by atoms with van der Waals surface area (Å²) >= 11 is 0. The van der Waals surface area contributed by atoms with Crippen LogP contribution in [-0.2, 0) is 6.42 Å². The maximum absolute atomic E-state index is 12.5. The highest BCUT2D eigenvalue weighted by molar-refractivity contribution is 5.94. The Morgan fingerprint density at radius 2 is 1.79 bits per heavy atom. The van der Waals surface area contributed by atoms with Crippen LogP contribution < -0.4 is 22.3 Å². The highest BCUT2D eigenvalue weighted by Gasteiger charge is 2.12. The van der Waals surface area contributed by atoms with Gasteiger partial charge < -0.3 is 21.4 Å². The van der Waals surface area contributed by atoms with Gasteiger partial charge in [-0.15, -0.1) is 0 Å². The van der Waals surface area contributed by atoms with E-state index in [4.69, 9.17) is 11.6 Å². The van der Waals surface area contributed by atoms with Crippen molar-refractivity contribution < 1.29 is 9.59 Å². The molecule has 7 heteroatoms. The first-order chi connectivity index (χ1) is 14.1. The molecule has 0 unspecified atom stereocenters. The number of nitrogens with two attached hydrogens (primary N) is 2. The molecule has 0 radical (unpaired) electrons. The molecule has 0 atom stereocenters. The Labute approximate surface area is 171 Å². The van der Waals surface area contributed by atoms with E-state index in [2.05, 4.69) is 15.6 Å². The van der Waals surface area contributed by atoms with Crippen LogP contribution in [0.15, 0.2) is 42.5 Å². The predicted molar refractivity (Wildman–Crippen MR) is 115 cm³/mol. The van der Waals surface area contributed by atoms with Crippen LogP contribution in [0.4, 0.5) is 5.69 Å². The van der Waals surface area contributed by atoms with Gasteiger partial charge in [-0.2, -0.15) is 0 Å². The number of carbonyl (C=O) groups excluding carboxylic acids is 2. The van der Waals surface area contributed by atoms with E-state index in [-0.39, 0.29) is 5.91 Å². The lowest BCUT2D eigenvalue weighted by Gasteiger charge is -2.26. The second-order valence-corrected chi connectivity index (χ2v) is 7.42. The smallest absolute Gasteiger partial charge is 0.251 e. The Bertz CT molecular complexity index is 862. The van der Waals surface area contributed by atoms with Crippen LogP contribution >= 0.6 is 0 Å². The molecule has 3 rings (SSSR count). The third-order valence-electron chi connectivity index (χ3n) is 5.29. The number of likely N-dealkylation sites (tertiary alicyclic amines) is 1. The molecule has 7 nitrogen and oxygen atoms in total. The van der Waals surface area contributed by atoms with Crippen LogP contribution in [0.3, 0.4) is 0 Å². The van der Waals surface area contributed by atoms with Crippen molar-refractivity contribution in [2.45, 2.75) is 25.7 Å². The number of hydrogen-bond acceptors (Lipinski definition) is 5. The summed E-state index contributed by atoms with van der Waals surface area (Å²) in [5.74, 6) is 5.02. The van der Waals surface area contributed by atoms with Crippen molar-refractivity contribution in [2.24, 2.45) is 11.6 Å². The van der Waals surface area contributed by atoms with Gasteiger partial charge in [0.2, 0.25) is 5.91 Å². The summed E-state index contributed by atoms with van der Waals surface area (Å²) in [4.78, 5) is 26.4. The fourth-order valence-corrected chi connectivity index (χ4v) is 3.69. The predicted octanol–water partition coefficient (Wildman–Crippen LogP) is 1.88. The third-order valence-corrected chi connectivity index (χ3v) is 5.29. The number of benzene rings is 2. The maximum atomic E-state index is 12.5. The Hall–Kier alpha value is -2.90. The van der Waals surface area contributed by atoms with Crippen molar-refractivity contribution in [3.05, 3.63) is 64.7 Å². The molecule has 2 amide bonds. The van der Waals surface area contributed by atoms with Gasteiger partial charge in [0.15, 0.2) is 0 Å². The lowest BCUT2D eigenvalue weighted by atomic mass is 9.99. The molecule has 1 fully saturated rings. The van der Waals surface area contributed by atoms with E-state index >= 15 is 0 Å². The van der Waals surface area contributed by atoms with E-state index in [0.717, 1.165) is 30.8 Å². The molecule has 0 spiro atoms. The number of nitrogens with zero attached hydrogens (tertiary/aromatic N) is 1. The summed E-state index contributed by atoms with van der Waals surface area (Å²) in [5.41, 5.74) is 11.6. The van der Waals surface area contributed by atoms with Gasteiger partial charge >= 0.3 is 0 Å². The quantitative estimate of drug-likeness (QED) is 0.403. The molecular weight excluding hydrogens is 366 g/mol. The van der Waals surface area contributed by atoms with E-state index in [9.17, 15) is 9.59 Å². The van der Waals surface area contributed by atoms with Crippen molar-refractivity contribution in [1.29, 1.82) is 0 Å². The summed E-state index contributed by atoms with van der Waals surface area (Å²) in [6, 6.07) is 12.6. The minimum Gasteiger partial charge on any atom is -0.366 e. The molecule has 0 aliphatic carbocycles. The summed E-state index contributed by atoms with van der Waals surface area (Å²) in [6.45, 7) is 3.77. The number of piperidine rings is 1. The number of primary amides is 1. The van der Waals surface area contributed by atoms with E-state index < -0.39 is 5.91 Å². The Balaban J connectivity index is 1.64. The fraction of sp³-hybridized carbons (Fsp3) is 0.364. The van der Waals surface area contributed by atoms with Crippen molar-refractivity contribution in [3.8, 4) is 0 Å². The number of hydrazine groups is 1. The SMILES string of the molecule is NNc1ccc(C(N)=O)cc1Cc1cccc(C(=O)NCCN2CCCCC2)c1. The lowest BCUT2D eigenvalue weighted by molar-refractivity contribution is 0.0945. The van der Waals surface area contributed by atoms with Gasteiger partial charge in [-0.3, -0.25) is 15.4 Å². The fourth-order valence-electron chi connectivity index (χ4n) is 3.69. The van der Waals surface area contributed by atoms with Crippen LogP contribution in [0.25, 0.3) is 0 Å². The standard InChI is InChI=1S/C22H29N5O2/c23-21(28)17-7-8-20(26-24)19(15-17)14-16-5-4-6-18(13-16)22(29)25-9-12-27-10-2-1-3-11-27/h4-8,13,15,26H,1-3,9-12,14,24H2,(H2,23,28)(H,25,29). The normalized spacial score (nSPS) is 14.4. The topological polar surface area (TPSA) is 113 Å². The van der Waals surface area contributed by atoms with Crippen LogP contribution in [0.2, 0.25) is 0 Å². The molecule has 0 saturated carbocycles. The Kier molecular flexibility index (Phi) is 7.21. The molecule has 6 N–H and O–H groups in total. The monoisotopic (exact) mass is 395 g/mol. The largest absolute Gasteiger partial charge is 0.366 e. The van der Waals surface area contributed by atoms with Gasteiger partial charge in [0.05, 0.1) is 5.69 Å². The summed E-state index contributed by atoms with van der Waals surface area (Å²) < 4.78 is 0. The molecule has 1 aliphatic rings. The van der Waals surface area contributed by atoms with E-state index in [1.54, 1.807) is 18.2 Å². The minimum atomic E-state index is -0.489. The summed E-state index contributed by atoms with van der Waals surface area (Å²) in [5, 5.41) is 3.01. The summed E-state index contributed by atoms with van der Waals surface area (Å²) in [6.07, 6.45) is 4.31. The Morgan fingerprint density at radius 3 is 2.52 bits per heavy atom. The van der Waals surface area contributed by atoms with Gasteiger partial charge in [0.1, 0.15) is 0 Å². The van der Waals surface area contributed by atoms with Crippen LogP contribution in [-0.4, -0.2) is 42.9 Å². The average Bonchev–Trinajstić information content (AvgIpc) is 2.74. The number of hydrogen-bond donors (Lipinski definition) is 4. The molecule has 0 bridgehead atoms. The van der Waals surface area contributed by atoms with Crippen molar-refractivity contribution in [1.82, 2.24) is 10.2 Å². The second kappa shape index (κ2) is 10.0. The number of nitrogens with one attached hydrogen (secondary N) is 2. The van der Waals surface area contributed by atoms with Gasteiger partial charge in [-0.25, -0.2) is 0 Å². The number of nitrogen functional groups attached to an aromatic ring is 1. The van der Waals surface area contributed by atoms with Crippen molar-refractivity contribution in [3.63, 3.8) is 0 Å². The number of carbonyl (C=O) groups is 2. The zero-order valence-electron chi connectivity index (χ0n) is 16.6. The molecule has 1 saturated heterocycles. The molecule has 1 aliphatic heterocycles. The second-order valence-electron chi connectivity index (χ2n) is 7.42. The lowest BCUT2D eigenvalue weighted by Crippen LogP contribution is -2.37. The van der Waals surface area contributed by atoms with Crippen LogP contribution in [0, 0.1) is 0 Å².